The lowest BCUT2D eigenvalue weighted by molar-refractivity contribution is 0.0475. The van der Waals surface area contributed by atoms with Gasteiger partial charge in [-0.1, -0.05) is 0 Å². The summed E-state index contributed by atoms with van der Waals surface area (Å²) in [5.41, 5.74) is 0.328. The standard InChI is InChI=1S/C15H12O5S/c1-9-2-5-14(21-9)11(16)7-18-15(17)10-3-4-12-13(6-10)20-8-19-12/h2-6H,7-8H2,1H3. The van der Waals surface area contributed by atoms with E-state index in [9.17, 15) is 9.59 Å². The van der Waals surface area contributed by atoms with E-state index in [-0.39, 0.29) is 19.2 Å². The van der Waals surface area contributed by atoms with Gasteiger partial charge in [0.25, 0.3) is 0 Å². The first-order valence-electron chi connectivity index (χ1n) is 6.30. The summed E-state index contributed by atoms with van der Waals surface area (Å²) >= 11 is 1.38. The molecule has 0 spiro atoms. The first-order valence-corrected chi connectivity index (χ1v) is 7.11. The van der Waals surface area contributed by atoms with Crippen LogP contribution in [0.15, 0.2) is 30.3 Å². The largest absolute Gasteiger partial charge is 0.454 e. The Labute approximate surface area is 125 Å². The number of hydrogen-bond acceptors (Lipinski definition) is 6. The van der Waals surface area contributed by atoms with Crippen LogP contribution in [-0.4, -0.2) is 25.2 Å². The van der Waals surface area contributed by atoms with Gasteiger partial charge < -0.3 is 14.2 Å². The topological polar surface area (TPSA) is 61.8 Å². The van der Waals surface area contributed by atoms with E-state index in [0.717, 1.165) is 4.88 Å². The highest BCUT2D eigenvalue weighted by atomic mass is 32.1. The van der Waals surface area contributed by atoms with Crippen LogP contribution in [0.4, 0.5) is 0 Å². The zero-order valence-corrected chi connectivity index (χ0v) is 12.1. The molecule has 0 N–H and O–H groups in total. The Morgan fingerprint density at radius 3 is 2.76 bits per heavy atom. The van der Waals surface area contributed by atoms with Gasteiger partial charge in [0.1, 0.15) is 0 Å². The zero-order valence-electron chi connectivity index (χ0n) is 11.3. The minimum absolute atomic E-state index is 0.143. The number of ketones is 1. The molecule has 0 aliphatic carbocycles. The molecule has 0 bridgehead atoms. The molecule has 2 heterocycles. The number of esters is 1. The quantitative estimate of drug-likeness (QED) is 0.642. The molecule has 1 aliphatic rings. The van der Waals surface area contributed by atoms with E-state index in [1.807, 2.05) is 13.0 Å². The highest BCUT2D eigenvalue weighted by Crippen LogP contribution is 2.32. The van der Waals surface area contributed by atoms with Crippen molar-refractivity contribution in [3.8, 4) is 11.5 Å². The molecule has 0 saturated carbocycles. The summed E-state index contributed by atoms with van der Waals surface area (Å²) < 4.78 is 15.4. The van der Waals surface area contributed by atoms with Gasteiger partial charge in [0.05, 0.1) is 10.4 Å². The third-order valence-electron chi connectivity index (χ3n) is 2.96. The molecule has 0 saturated heterocycles. The molecular formula is C15H12O5S. The summed E-state index contributed by atoms with van der Waals surface area (Å²) in [5, 5.41) is 0. The predicted molar refractivity (Wildman–Crippen MR) is 76.2 cm³/mol. The number of ether oxygens (including phenoxy) is 3. The van der Waals surface area contributed by atoms with Crippen LogP contribution in [0.25, 0.3) is 0 Å². The van der Waals surface area contributed by atoms with Crippen LogP contribution >= 0.6 is 11.3 Å². The third-order valence-corrected chi connectivity index (χ3v) is 4.00. The fourth-order valence-electron chi connectivity index (χ4n) is 1.89. The minimum Gasteiger partial charge on any atom is -0.454 e. The molecule has 0 amide bonds. The van der Waals surface area contributed by atoms with Crippen LogP contribution < -0.4 is 9.47 Å². The Balaban J connectivity index is 1.63. The molecule has 108 valence electrons. The summed E-state index contributed by atoms with van der Waals surface area (Å²) in [6.07, 6.45) is 0. The molecule has 1 aromatic carbocycles. The number of aryl methyl sites for hydroxylation is 1. The Kier molecular flexibility index (Phi) is 3.62. The van der Waals surface area contributed by atoms with Gasteiger partial charge in [-0.3, -0.25) is 4.79 Å². The number of benzene rings is 1. The molecular weight excluding hydrogens is 292 g/mol. The predicted octanol–water partition coefficient (Wildman–Crippen LogP) is 2.82. The lowest BCUT2D eigenvalue weighted by Gasteiger charge is -2.04. The smallest absolute Gasteiger partial charge is 0.338 e. The van der Waals surface area contributed by atoms with E-state index in [0.29, 0.717) is 21.9 Å². The molecule has 1 aliphatic heterocycles. The lowest BCUT2D eigenvalue weighted by Crippen LogP contribution is -2.13. The fraction of sp³-hybridized carbons (Fsp3) is 0.200. The van der Waals surface area contributed by atoms with E-state index < -0.39 is 5.97 Å². The highest BCUT2D eigenvalue weighted by molar-refractivity contribution is 7.14. The molecule has 1 aromatic heterocycles. The van der Waals surface area contributed by atoms with E-state index >= 15 is 0 Å². The highest BCUT2D eigenvalue weighted by Gasteiger charge is 2.18. The van der Waals surface area contributed by atoms with E-state index in [1.165, 1.54) is 11.3 Å². The van der Waals surface area contributed by atoms with Gasteiger partial charge in [-0.2, -0.15) is 0 Å². The molecule has 0 radical (unpaired) electrons. The number of hydrogen-bond donors (Lipinski definition) is 0. The van der Waals surface area contributed by atoms with Crippen LogP contribution in [0.2, 0.25) is 0 Å². The van der Waals surface area contributed by atoms with Gasteiger partial charge in [-0.25, -0.2) is 4.79 Å². The van der Waals surface area contributed by atoms with Crippen molar-refractivity contribution in [3.05, 3.63) is 45.6 Å². The second-order valence-electron chi connectivity index (χ2n) is 4.48. The maximum absolute atomic E-state index is 11.9. The number of fused-ring (bicyclic) bond motifs is 1. The van der Waals surface area contributed by atoms with Crippen molar-refractivity contribution >= 4 is 23.1 Å². The molecule has 2 aromatic rings. The zero-order chi connectivity index (χ0) is 14.8. The first-order chi connectivity index (χ1) is 10.1. The van der Waals surface area contributed by atoms with Gasteiger partial charge in [0.15, 0.2) is 18.1 Å². The molecule has 6 heteroatoms. The lowest BCUT2D eigenvalue weighted by atomic mass is 10.2. The molecule has 3 rings (SSSR count). The maximum Gasteiger partial charge on any atom is 0.338 e. The SMILES string of the molecule is Cc1ccc(C(=O)COC(=O)c2ccc3c(c2)OCO3)s1. The van der Waals surface area contributed by atoms with Crippen molar-refractivity contribution < 1.29 is 23.8 Å². The molecule has 21 heavy (non-hydrogen) atoms. The summed E-state index contributed by atoms with van der Waals surface area (Å²) in [5.74, 6) is 0.332. The van der Waals surface area contributed by atoms with Gasteiger partial charge in [0.2, 0.25) is 12.6 Å². The van der Waals surface area contributed by atoms with E-state index in [2.05, 4.69) is 0 Å². The third kappa shape index (κ3) is 2.90. The Morgan fingerprint density at radius 1 is 1.19 bits per heavy atom. The van der Waals surface area contributed by atoms with Crippen LogP contribution in [0.3, 0.4) is 0 Å². The average molecular weight is 304 g/mol. The van der Waals surface area contributed by atoms with Crippen LogP contribution in [0, 0.1) is 6.92 Å². The maximum atomic E-state index is 11.9. The van der Waals surface area contributed by atoms with E-state index in [4.69, 9.17) is 14.2 Å². The van der Waals surface area contributed by atoms with Crippen LogP contribution in [-0.2, 0) is 4.74 Å². The number of Topliss-reactive ketones (excluding diaryl/α,β-unsaturated/α-hetero) is 1. The molecule has 0 atom stereocenters. The van der Waals surface area contributed by atoms with Crippen molar-refractivity contribution in [2.45, 2.75) is 6.92 Å². The molecule has 0 fully saturated rings. The van der Waals surface area contributed by atoms with Crippen LogP contribution in [0.1, 0.15) is 24.9 Å². The van der Waals surface area contributed by atoms with Gasteiger partial charge in [0, 0.05) is 4.88 Å². The Bertz CT molecular complexity index is 704. The number of carbonyl (C=O) groups excluding carboxylic acids is 2. The second-order valence-corrected chi connectivity index (χ2v) is 5.77. The minimum atomic E-state index is -0.560. The van der Waals surface area contributed by atoms with Gasteiger partial charge >= 0.3 is 5.97 Å². The Hall–Kier alpha value is -2.34. The first kappa shape index (κ1) is 13.6. The molecule has 0 unspecified atom stereocenters. The second kappa shape index (κ2) is 5.57. The van der Waals surface area contributed by atoms with Crippen molar-refractivity contribution in [1.82, 2.24) is 0 Å². The monoisotopic (exact) mass is 304 g/mol. The van der Waals surface area contributed by atoms with Crippen molar-refractivity contribution in [2.24, 2.45) is 0 Å². The summed E-state index contributed by atoms with van der Waals surface area (Å²) in [4.78, 5) is 25.4. The summed E-state index contributed by atoms with van der Waals surface area (Å²) in [6.45, 7) is 1.79. The van der Waals surface area contributed by atoms with Gasteiger partial charge in [-0.15, -0.1) is 11.3 Å². The fourth-order valence-corrected chi connectivity index (χ4v) is 2.69. The summed E-state index contributed by atoms with van der Waals surface area (Å²) in [7, 11) is 0. The van der Waals surface area contributed by atoms with Crippen molar-refractivity contribution in [1.29, 1.82) is 0 Å². The van der Waals surface area contributed by atoms with Crippen LogP contribution in [0.5, 0.6) is 11.5 Å². The molecule has 5 nitrogen and oxygen atoms in total. The normalized spacial score (nSPS) is 12.2. The van der Waals surface area contributed by atoms with Crippen molar-refractivity contribution in [3.63, 3.8) is 0 Å². The number of rotatable bonds is 4. The summed E-state index contributed by atoms with van der Waals surface area (Å²) in [6, 6.07) is 8.36. The van der Waals surface area contributed by atoms with Crippen molar-refractivity contribution in [2.75, 3.05) is 13.4 Å². The van der Waals surface area contributed by atoms with E-state index in [1.54, 1.807) is 24.3 Å². The average Bonchev–Trinajstić information content (AvgIpc) is 3.12. The number of carbonyl (C=O) groups is 2. The van der Waals surface area contributed by atoms with Gasteiger partial charge in [-0.05, 0) is 37.3 Å². The Morgan fingerprint density at radius 2 is 2.00 bits per heavy atom. The number of thiophene rings is 1.